The van der Waals surface area contributed by atoms with Crippen molar-refractivity contribution >= 4 is 26.1 Å². The SMILES string of the molecule is CC(C)(C)OC(=O)N1CCC(CNS(=O)(=O)c2cccc(S(=O)(=O)N3CCCCC3)c2)CC1. The molecular formula is C22H35N3O6S2. The largest absolute Gasteiger partial charge is 0.444 e. The number of benzene rings is 1. The summed E-state index contributed by atoms with van der Waals surface area (Å²) >= 11 is 0. The Morgan fingerprint density at radius 2 is 1.61 bits per heavy atom. The van der Waals surface area contributed by atoms with Gasteiger partial charge in [0.1, 0.15) is 5.60 Å². The molecule has 0 unspecified atom stereocenters. The number of amides is 1. The van der Waals surface area contributed by atoms with E-state index in [1.165, 1.54) is 28.6 Å². The average molecular weight is 502 g/mol. The van der Waals surface area contributed by atoms with E-state index in [0.29, 0.717) is 39.0 Å². The van der Waals surface area contributed by atoms with E-state index < -0.39 is 25.6 Å². The monoisotopic (exact) mass is 501 g/mol. The minimum Gasteiger partial charge on any atom is -0.444 e. The molecule has 2 aliphatic rings. The zero-order valence-corrected chi connectivity index (χ0v) is 21.3. The minimum absolute atomic E-state index is 0.00190. The molecule has 1 amide bonds. The molecule has 1 N–H and O–H groups in total. The second kappa shape index (κ2) is 10.3. The van der Waals surface area contributed by atoms with Crippen LogP contribution in [0, 0.1) is 5.92 Å². The third-order valence-electron chi connectivity index (χ3n) is 5.90. The van der Waals surface area contributed by atoms with Crippen LogP contribution in [-0.2, 0) is 24.8 Å². The summed E-state index contributed by atoms with van der Waals surface area (Å²) in [6.45, 7) is 7.61. The van der Waals surface area contributed by atoms with Crippen LogP contribution in [0.3, 0.4) is 0 Å². The molecule has 9 nitrogen and oxygen atoms in total. The molecule has 2 fully saturated rings. The quantitative estimate of drug-likeness (QED) is 0.641. The van der Waals surface area contributed by atoms with Crippen molar-refractivity contribution in [1.82, 2.24) is 13.9 Å². The Labute approximate surface area is 197 Å². The molecule has 0 radical (unpaired) electrons. The first-order valence-corrected chi connectivity index (χ1v) is 14.4. The van der Waals surface area contributed by atoms with Gasteiger partial charge in [-0.25, -0.2) is 26.4 Å². The van der Waals surface area contributed by atoms with Gasteiger partial charge in [0, 0.05) is 32.7 Å². The fraction of sp³-hybridized carbons (Fsp3) is 0.682. The number of nitrogens with one attached hydrogen (secondary N) is 1. The van der Waals surface area contributed by atoms with Crippen LogP contribution in [0.4, 0.5) is 4.79 Å². The maximum atomic E-state index is 12.9. The first-order valence-electron chi connectivity index (χ1n) is 11.5. The predicted octanol–water partition coefficient (Wildman–Crippen LogP) is 2.79. The number of hydrogen-bond donors (Lipinski definition) is 1. The molecular weight excluding hydrogens is 466 g/mol. The van der Waals surface area contributed by atoms with Crippen LogP contribution in [0.5, 0.6) is 0 Å². The predicted molar refractivity (Wildman–Crippen MR) is 125 cm³/mol. The van der Waals surface area contributed by atoms with E-state index in [1.807, 2.05) is 20.8 Å². The molecule has 1 aromatic carbocycles. The molecule has 1 aromatic rings. The van der Waals surface area contributed by atoms with Gasteiger partial charge in [-0.3, -0.25) is 0 Å². The summed E-state index contributed by atoms with van der Waals surface area (Å²) in [6, 6.07) is 5.54. The van der Waals surface area contributed by atoms with Crippen LogP contribution in [0.15, 0.2) is 34.1 Å². The molecule has 0 aliphatic carbocycles. The topological polar surface area (TPSA) is 113 Å². The standard InChI is InChI=1S/C22H35N3O6S2/c1-22(2,3)31-21(26)24-14-10-18(11-15-24)17-23-32(27,28)19-8-7-9-20(16-19)33(29,30)25-12-5-4-6-13-25/h7-9,16,18,23H,4-6,10-15,17H2,1-3H3. The Morgan fingerprint density at radius 3 is 2.21 bits per heavy atom. The average Bonchev–Trinajstić information content (AvgIpc) is 2.77. The van der Waals surface area contributed by atoms with Gasteiger partial charge in [0.05, 0.1) is 9.79 Å². The number of piperidine rings is 2. The maximum Gasteiger partial charge on any atom is 0.410 e. The number of hydrogen-bond acceptors (Lipinski definition) is 6. The summed E-state index contributed by atoms with van der Waals surface area (Å²) < 4.78 is 61.0. The molecule has 0 saturated carbocycles. The van der Waals surface area contributed by atoms with Gasteiger partial charge < -0.3 is 9.64 Å². The van der Waals surface area contributed by atoms with E-state index >= 15 is 0 Å². The summed E-state index contributed by atoms with van der Waals surface area (Å²) in [5.41, 5.74) is -0.556. The zero-order valence-electron chi connectivity index (χ0n) is 19.6. The lowest BCUT2D eigenvalue weighted by Gasteiger charge is -2.33. The van der Waals surface area contributed by atoms with Crippen LogP contribution in [0.2, 0.25) is 0 Å². The molecule has 3 rings (SSSR count). The highest BCUT2D eigenvalue weighted by molar-refractivity contribution is 7.90. The van der Waals surface area contributed by atoms with Crippen LogP contribution in [0.1, 0.15) is 52.9 Å². The molecule has 0 spiro atoms. The Kier molecular flexibility index (Phi) is 8.08. The summed E-state index contributed by atoms with van der Waals surface area (Å²) in [7, 11) is -7.58. The highest BCUT2D eigenvalue weighted by Gasteiger charge is 2.29. The number of rotatable bonds is 6. The van der Waals surface area contributed by atoms with Crippen LogP contribution >= 0.6 is 0 Å². The number of sulfonamides is 2. The van der Waals surface area contributed by atoms with Crippen molar-refractivity contribution in [3.8, 4) is 0 Å². The lowest BCUT2D eigenvalue weighted by atomic mass is 9.97. The van der Waals surface area contributed by atoms with Crippen molar-refractivity contribution in [2.75, 3.05) is 32.7 Å². The fourth-order valence-electron chi connectivity index (χ4n) is 4.01. The number of ether oxygens (including phenoxy) is 1. The maximum absolute atomic E-state index is 12.9. The number of likely N-dealkylation sites (tertiary alicyclic amines) is 1. The van der Waals surface area contributed by atoms with Crippen LogP contribution in [-0.4, -0.2) is 70.5 Å². The van der Waals surface area contributed by atoms with Gasteiger partial charge in [0.2, 0.25) is 20.0 Å². The highest BCUT2D eigenvalue weighted by atomic mass is 32.2. The lowest BCUT2D eigenvalue weighted by Crippen LogP contribution is -2.43. The normalized spacial score (nSPS) is 19.4. The molecule has 2 saturated heterocycles. The van der Waals surface area contributed by atoms with E-state index in [4.69, 9.17) is 4.74 Å². The van der Waals surface area contributed by atoms with Crippen molar-refractivity contribution < 1.29 is 26.4 Å². The Bertz CT molecular complexity index is 1040. The van der Waals surface area contributed by atoms with E-state index in [9.17, 15) is 21.6 Å². The van der Waals surface area contributed by atoms with E-state index in [-0.39, 0.29) is 28.3 Å². The van der Waals surface area contributed by atoms with Crippen LogP contribution in [0.25, 0.3) is 0 Å². The molecule has 2 aliphatic heterocycles. The van der Waals surface area contributed by atoms with E-state index in [0.717, 1.165) is 19.3 Å². The Hall–Kier alpha value is -1.69. The van der Waals surface area contributed by atoms with E-state index in [2.05, 4.69) is 4.72 Å². The van der Waals surface area contributed by atoms with Gasteiger partial charge in [-0.05, 0) is 70.6 Å². The smallest absolute Gasteiger partial charge is 0.410 e. The summed E-state index contributed by atoms with van der Waals surface area (Å²) in [5, 5.41) is 0. The summed E-state index contributed by atoms with van der Waals surface area (Å²) in [6.07, 6.45) is 3.59. The summed E-state index contributed by atoms with van der Waals surface area (Å²) in [5.74, 6) is 0.0822. The first kappa shape index (κ1) is 25.9. The fourth-order valence-corrected chi connectivity index (χ4v) is 6.81. The molecule has 186 valence electrons. The molecule has 0 aromatic heterocycles. The first-order chi connectivity index (χ1) is 15.4. The molecule has 0 bridgehead atoms. The van der Waals surface area contributed by atoms with Crippen molar-refractivity contribution in [3.63, 3.8) is 0 Å². The number of carbonyl (C=O) groups is 1. The highest BCUT2D eigenvalue weighted by Crippen LogP contribution is 2.24. The Morgan fingerprint density at radius 1 is 1.00 bits per heavy atom. The van der Waals surface area contributed by atoms with Crippen molar-refractivity contribution in [2.45, 2.75) is 68.3 Å². The third kappa shape index (κ3) is 6.91. The van der Waals surface area contributed by atoms with Gasteiger partial charge in [0.25, 0.3) is 0 Å². The number of nitrogens with zero attached hydrogens (tertiary/aromatic N) is 2. The lowest BCUT2D eigenvalue weighted by molar-refractivity contribution is 0.0185. The molecule has 0 atom stereocenters. The second-order valence-electron chi connectivity index (χ2n) is 9.70. The molecule has 11 heteroatoms. The minimum atomic E-state index is -3.87. The van der Waals surface area contributed by atoms with Crippen molar-refractivity contribution in [1.29, 1.82) is 0 Å². The zero-order chi connectivity index (χ0) is 24.3. The van der Waals surface area contributed by atoms with Gasteiger partial charge in [-0.1, -0.05) is 12.5 Å². The molecule has 2 heterocycles. The second-order valence-corrected chi connectivity index (χ2v) is 13.4. The number of carbonyl (C=O) groups excluding carboxylic acids is 1. The third-order valence-corrected chi connectivity index (χ3v) is 9.21. The molecule has 33 heavy (non-hydrogen) atoms. The van der Waals surface area contributed by atoms with Gasteiger partial charge in [-0.2, -0.15) is 4.31 Å². The van der Waals surface area contributed by atoms with Crippen LogP contribution < -0.4 is 4.72 Å². The van der Waals surface area contributed by atoms with Gasteiger partial charge in [-0.15, -0.1) is 0 Å². The Balaban J connectivity index is 1.58. The van der Waals surface area contributed by atoms with E-state index in [1.54, 1.807) is 4.90 Å². The van der Waals surface area contributed by atoms with Gasteiger partial charge >= 0.3 is 6.09 Å². The van der Waals surface area contributed by atoms with Gasteiger partial charge in [0.15, 0.2) is 0 Å². The van der Waals surface area contributed by atoms with Crippen molar-refractivity contribution in [2.24, 2.45) is 5.92 Å². The summed E-state index contributed by atoms with van der Waals surface area (Å²) in [4.78, 5) is 13.8. The van der Waals surface area contributed by atoms with Crippen molar-refractivity contribution in [3.05, 3.63) is 24.3 Å².